The highest BCUT2D eigenvalue weighted by molar-refractivity contribution is 7.85. The summed E-state index contributed by atoms with van der Waals surface area (Å²) in [7, 11) is -0.858. The van der Waals surface area contributed by atoms with Crippen molar-refractivity contribution >= 4 is 28.1 Å². The van der Waals surface area contributed by atoms with Gasteiger partial charge in [0.25, 0.3) is 0 Å². The van der Waals surface area contributed by atoms with Crippen molar-refractivity contribution in [1.82, 2.24) is 0 Å². The van der Waals surface area contributed by atoms with Gasteiger partial charge in [-0.05, 0) is 30.5 Å². The third-order valence-corrected chi connectivity index (χ3v) is 3.79. The molecule has 2 nitrogen and oxygen atoms in total. The topological polar surface area (TPSA) is 29.1 Å². The van der Waals surface area contributed by atoms with E-state index in [1.807, 2.05) is 12.1 Å². The summed E-state index contributed by atoms with van der Waals surface area (Å²) in [6, 6.07) is 6.10. The number of nitrogens with one attached hydrogen (secondary N) is 1. The fourth-order valence-electron chi connectivity index (χ4n) is 1.55. The number of rotatable bonds is 3. The predicted octanol–water partition coefficient (Wildman–Crippen LogP) is 2.35. The number of benzene rings is 1. The van der Waals surface area contributed by atoms with Crippen LogP contribution in [0.5, 0.6) is 0 Å². The largest absolute Gasteiger partial charge is 0.372 e. The Kier molecular flexibility index (Phi) is 3.08. The van der Waals surface area contributed by atoms with Crippen molar-refractivity contribution in [3.63, 3.8) is 0 Å². The summed E-state index contributed by atoms with van der Waals surface area (Å²) in [5.41, 5.74) is 2.24. The molecule has 0 spiro atoms. The van der Waals surface area contributed by atoms with Crippen LogP contribution in [0.2, 0.25) is 0 Å². The first kappa shape index (κ1) is 9.99. The van der Waals surface area contributed by atoms with E-state index in [9.17, 15) is 4.21 Å². The molecule has 0 saturated heterocycles. The molecule has 0 amide bonds. The molecule has 2 rings (SSSR count). The van der Waals surface area contributed by atoms with Crippen molar-refractivity contribution < 1.29 is 4.21 Å². The van der Waals surface area contributed by atoms with Crippen molar-refractivity contribution in [2.75, 3.05) is 17.1 Å². The van der Waals surface area contributed by atoms with Gasteiger partial charge in [-0.2, -0.15) is 0 Å². The lowest BCUT2D eigenvalue weighted by atomic mass is 10.1. The van der Waals surface area contributed by atoms with Crippen LogP contribution in [0, 0.1) is 0 Å². The minimum Gasteiger partial charge on any atom is -0.372 e. The monoisotopic (exact) mass is 229 g/mol. The van der Waals surface area contributed by atoms with Crippen LogP contribution in [-0.4, -0.2) is 16.0 Å². The Balaban J connectivity index is 2.21. The number of hydrogen-bond acceptors (Lipinski definition) is 2. The zero-order valence-corrected chi connectivity index (χ0v) is 9.33. The number of hydrogen-bond donors (Lipinski definition) is 1. The van der Waals surface area contributed by atoms with Crippen LogP contribution in [0.3, 0.4) is 0 Å². The first-order chi connectivity index (χ1) is 6.81. The molecule has 4 heteroatoms. The first-order valence-corrected chi connectivity index (χ1v) is 6.48. The van der Waals surface area contributed by atoms with Crippen molar-refractivity contribution in [3.05, 3.63) is 23.8 Å². The summed E-state index contributed by atoms with van der Waals surface area (Å²) >= 11 is 5.63. The zero-order chi connectivity index (χ0) is 9.97. The second-order valence-corrected chi connectivity index (χ2v) is 5.09. The average Bonchev–Trinajstić information content (AvgIpc) is 2.57. The molecule has 14 heavy (non-hydrogen) atoms. The Bertz CT molecular complexity index is 367. The minimum absolute atomic E-state index is 0.550. The highest BCUT2D eigenvalue weighted by Crippen LogP contribution is 2.27. The lowest BCUT2D eigenvalue weighted by Gasteiger charge is -2.02. The molecule has 1 aliphatic heterocycles. The van der Waals surface area contributed by atoms with Crippen LogP contribution in [0.4, 0.5) is 5.69 Å². The Labute approximate surface area is 91.1 Å². The molecule has 1 atom stereocenters. The summed E-state index contributed by atoms with van der Waals surface area (Å²) in [6.07, 6.45) is 1.94. The Morgan fingerprint density at radius 1 is 1.50 bits per heavy atom. The van der Waals surface area contributed by atoms with E-state index >= 15 is 0 Å². The molecule has 1 aromatic rings. The van der Waals surface area contributed by atoms with Gasteiger partial charge in [-0.25, -0.2) is 0 Å². The molecule has 1 aliphatic rings. The molecule has 0 saturated carbocycles. The molecule has 1 N–H and O–H groups in total. The van der Waals surface area contributed by atoms with E-state index in [2.05, 4.69) is 11.4 Å². The van der Waals surface area contributed by atoms with Crippen molar-refractivity contribution in [2.24, 2.45) is 0 Å². The van der Waals surface area contributed by atoms with E-state index in [1.54, 1.807) is 0 Å². The highest BCUT2D eigenvalue weighted by atomic mass is 35.5. The van der Waals surface area contributed by atoms with Gasteiger partial charge in [0.05, 0.1) is 27.3 Å². The third-order valence-electron chi connectivity index (χ3n) is 2.28. The van der Waals surface area contributed by atoms with Crippen molar-refractivity contribution in [2.45, 2.75) is 17.7 Å². The number of alkyl halides is 1. The fourth-order valence-corrected chi connectivity index (χ4v) is 2.79. The molecular weight excluding hydrogens is 218 g/mol. The Hall–Kier alpha value is -0.540. The molecule has 1 heterocycles. The maximum atomic E-state index is 11.5. The molecule has 1 unspecified atom stereocenters. The summed E-state index contributed by atoms with van der Waals surface area (Å²) in [4.78, 5) is 0.942. The summed E-state index contributed by atoms with van der Waals surface area (Å²) in [5.74, 6) is 1.23. The Morgan fingerprint density at radius 3 is 3.14 bits per heavy atom. The number of anilines is 1. The first-order valence-electron chi connectivity index (χ1n) is 4.62. The van der Waals surface area contributed by atoms with Gasteiger partial charge in [0.2, 0.25) is 0 Å². The van der Waals surface area contributed by atoms with E-state index < -0.39 is 10.8 Å². The van der Waals surface area contributed by atoms with E-state index in [4.69, 9.17) is 11.6 Å². The van der Waals surface area contributed by atoms with Gasteiger partial charge in [-0.1, -0.05) is 6.07 Å². The van der Waals surface area contributed by atoms with Gasteiger partial charge in [-0.15, -0.1) is 11.6 Å². The van der Waals surface area contributed by atoms with Crippen molar-refractivity contribution in [3.8, 4) is 0 Å². The van der Waals surface area contributed by atoms with Crippen LogP contribution in [0.25, 0.3) is 0 Å². The number of halogens is 1. The zero-order valence-electron chi connectivity index (χ0n) is 7.75. The standard InChI is InChI=1S/C10H12ClNOS/c11-5-1-2-8-3-4-9-10(6-8)14(13)7-12-9/h3-4,6,12H,1-2,5,7H2. The lowest BCUT2D eigenvalue weighted by Crippen LogP contribution is -1.94. The number of fused-ring (bicyclic) bond motifs is 1. The van der Waals surface area contributed by atoms with Crippen molar-refractivity contribution in [1.29, 1.82) is 0 Å². The Morgan fingerprint density at radius 2 is 2.36 bits per heavy atom. The number of aryl methyl sites for hydroxylation is 1. The molecule has 0 aromatic heterocycles. The van der Waals surface area contributed by atoms with Crippen LogP contribution in [0.1, 0.15) is 12.0 Å². The molecule has 0 fully saturated rings. The van der Waals surface area contributed by atoms with Gasteiger partial charge in [-0.3, -0.25) is 4.21 Å². The van der Waals surface area contributed by atoms with E-state index in [1.165, 1.54) is 5.56 Å². The average molecular weight is 230 g/mol. The van der Waals surface area contributed by atoms with E-state index in [0.717, 1.165) is 23.4 Å². The van der Waals surface area contributed by atoms with Gasteiger partial charge < -0.3 is 5.32 Å². The van der Waals surface area contributed by atoms with Gasteiger partial charge in [0, 0.05) is 5.88 Å². The van der Waals surface area contributed by atoms with Gasteiger partial charge in [0.15, 0.2) is 0 Å². The highest BCUT2D eigenvalue weighted by Gasteiger charge is 2.17. The fraction of sp³-hybridized carbons (Fsp3) is 0.400. The molecule has 76 valence electrons. The second kappa shape index (κ2) is 4.32. The molecule has 0 bridgehead atoms. The molecule has 0 radical (unpaired) electrons. The molecule has 1 aromatic carbocycles. The van der Waals surface area contributed by atoms with Gasteiger partial charge >= 0.3 is 0 Å². The quantitative estimate of drug-likeness (QED) is 0.807. The summed E-state index contributed by atoms with van der Waals surface area (Å²) < 4.78 is 11.5. The molecule has 0 aliphatic carbocycles. The lowest BCUT2D eigenvalue weighted by molar-refractivity contribution is 0.686. The van der Waals surface area contributed by atoms with Gasteiger partial charge in [0.1, 0.15) is 0 Å². The summed E-state index contributed by atoms with van der Waals surface area (Å²) in [5, 5.41) is 3.11. The van der Waals surface area contributed by atoms with Crippen LogP contribution in [0.15, 0.2) is 23.1 Å². The SMILES string of the molecule is O=S1CNc2ccc(CCCCl)cc21. The second-order valence-electron chi connectivity index (χ2n) is 3.29. The summed E-state index contributed by atoms with van der Waals surface area (Å²) in [6.45, 7) is 0. The van der Waals surface area contributed by atoms with Crippen LogP contribution in [-0.2, 0) is 17.2 Å². The normalized spacial score (nSPS) is 19.1. The van der Waals surface area contributed by atoms with E-state index in [-0.39, 0.29) is 0 Å². The van der Waals surface area contributed by atoms with E-state index in [0.29, 0.717) is 11.8 Å². The smallest absolute Gasteiger partial charge is 0.0959 e. The molecular formula is C10H12ClNOS. The maximum Gasteiger partial charge on any atom is 0.0959 e. The third kappa shape index (κ3) is 1.93. The predicted molar refractivity (Wildman–Crippen MR) is 60.4 cm³/mol. The minimum atomic E-state index is -0.858. The van der Waals surface area contributed by atoms with Crippen LogP contribution >= 0.6 is 11.6 Å². The van der Waals surface area contributed by atoms with Crippen LogP contribution < -0.4 is 5.32 Å². The maximum absolute atomic E-state index is 11.5.